The zero-order valence-corrected chi connectivity index (χ0v) is 11.3. The summed E-state index contributed by atoms with van der Waals surface area (Å²) in [5, 5.41) is 3.06. The molecule has 0 aliphatic rings. The Morgan fingerprint density at radius 1 is 1.24 bits per heavy atom. The van der Waals surface area contributed by atoms with Crippen LogP contribution in [0.15, 0.2) is 0 Å². The molecule has 0 fully saturated rings. The molecule has 8 heteroatoms. The van der Waals surface area contributed by atoms with Gasteiger partial charge < -0.3 is 5.32 Å². The van der Waals surface area contributed by atoms with Gasteiger partial charge in [-0.15, -0.1) is 0 Å². The molecule has 0 aromatic rings. The molecule has 0 saturated heterocycles. The van der Waals surface area contributed by atoms with E-state index >= 15 is 0 Å². The monoisotopic (exact) mass is 273 g/mol. The standard InChI is InChI=1S/C9H21F2N3O2S/c1-4-12-6-5-7-13(2)17(15,16)14(3)8-9(10)11/h9,12H,4-8H2,1-3H3. The summed E-state index contributed by atoms with van der Waals surface area (Å²) < 4.78 is 49.4. The Labute approximate surface area is 102 Å². The van der Waals surface area contributed by atoms with Crippen LogP contribution in [0.2, 0.25) is 0 Å². The minimum absolute atomic E-state index is 0.308. The molecule has 0 heterocycles. The number of hydrogen-bond acceptors (Lipinski definition) is 3. The van der Waals surface area contributed by atoms with Crippen molar-refractivity contribution in [2.45, 2.75) is 19.8 Å². The molecule has 0 saturated carbocycles. The van der Waals surface area contributed by atoms with Crippen LogP contribution >= 0.6 is 0 Å². The highest BCUT2D eigenvalue weighted by Crippen LogP contribution is 2.07. The fraction of sp³-hybridized carbons (Fsp3) is 1.00. The lowest BCUT2D eigenvalue weighted by atomic mass is 10.4. The van der Waals surface area contributed by atoms with Crippen molar-refractivity contribution in [1.29, 1.82) is 0 Å². The van der Waals surface area contributed by atoms with Gasteiger partial charge >= 0.3 is 0 Å². The molecule has 0 aromatic heterocycles. The highest BCUT2D eigenvalue weighted by Gasteiger charge is 2.25. The second kappa shape index (κ2) is 7.91. The second-order valence-electron chi connectivity index (χ2n) is 3.71. The van der Waals surface area contributed by atoms with Crippen LogP contribution in [-0.2, 0) is 10.2 Å². The normalized spacial score (nSPS) is 12.9. The van der Waals surface area contributed by atoms with Crippen molar-refractivity contribution < 1.29 is 17.2 Å². The van der Waals surface area contributed by atoms with E-state index in [1.165, 1.54) is 7.05 Å². The van der Waals surface area contributed by atoms with Crippen molar-refractivity contribution in [3.63, 3.8) is 0 Å². The van der Waals surface area contributed by atoms with Crippen molar-refractivity contribution in [2.24, 2.45) is 0 Å². The summed E-state index contributed by atoms with van der Waals surface area (Å²) in [5.74, 6) is 0. The van der Waals surface area contributed by atoms with Crippen molar-refractivity contribution in [2.75, 3.05) is 40.3 Å². The summed E-state index contributed by atoms with van der Waals surface area (Å²) in [7, 11) is -1.22. The van der Waals surface area contributed by atoms with E-state index in [-0.39, 0.29) is 0 Å². The van der Waals surface area contributed by atoms with Gasteiger partial charge in [0.25, 0.3) is 16.6 Å². The summed E-state index contributed by atoms with van der Waals surface area (Å²) in [4.78, 5) is 0. The highest BCUT2D eigenvalue weighted by molar-refractivity contribution is 7.86. The van der Waals surface area contributed by atoms with Gasteiger partial charge in [0, 0.05) is 20.6 Å². The van der Waals surface area contributed by atoms with Gasteiger partial charge in [-0.2, -0.15) is 17.0 Å². The summed E-state index contributed by atoms with van der Waals surface area (Å²) in [6.45, 7) is 3.01. The van der Waals surface area contributed by atoms with E-state index in [0.717, 1.165) is 17.9 Å². The Balaban J connectivity index is 4.19. The lowest BCUT2D eigenvalue weighted by Gasteiger charge is -2.24. The van der Waals surface area contributed by atoms with Gasteiger partial charge in [-0.3, -0.25) is 0 Å². The van der Waals surface area contributed by atoms with E-state index in [9.17, 15) is 17.2 Å². The molecule has 0 unspecified atom stereocenters. The molecule has 0 aliphatic heterocycles. The third kappa shape index (κ3) is 6.25. The topological polar surface area (TPSA) is 52.7 Å². The maximum Gasteiger partial charge on any atom is 0.281 e. The van der Waals surface area contributed by atoms with Crippen LogP contribution in [0.1, 0.15) is 13.3 Å². The van der Waals surface area contributed by atoms with Crippen LogP contribution in [0.4, 0.5) is 8.78 Å². The molecule has 104 valence electrons. The molecule has 0 bridgehead atoms. The summed E-state index contributed by atoms with van der Waals surface area (Å²) in [6, 6.07) is 0. The Bertz CT molecular complexity index is 299. The Kier molecular flexibility index (Phi) is 7.77. The third-order valence-corrected chi connectivity index (χ3v) is 4.17. The lowest BCUT2D eigenvalue weighted by molar-refractivity contribution is 0.124. The van der Waals surface area contributed by atoms with E-state index in [4.69, 9.17) is 0 Å². The average Bonchev–Trinajstić information content (AvgIpc) is 2.23. The van der Waals surface area contributed by atoms with Crippen LogP contribution in [0.5, 0.6) is 0 Å². The minimum atomic E-state index is -3.76. The fourth-order valence-electron chi connectivity index (χ4n) is 1.25. The zero-order chi connectivity index (χ0) is 13.5. The molecule has 5 nitrogen and oxygen atoms in total. The van der Waals surface area contributed by atoms with Gasteiger partial charge in [-0.1, -0.05) is 6.92 Å². The summed E-state index contributed by atoms with van der Waals surface area (Å²) in [6.07, 6.45) is -2.02. The van der Waals surface area contributed by atoms with Gasteiger partial charge in [0.15, 0.2) is 0 Å². The van der Waals surface area contributed by atoms with Crippen LogP contribution in [0.25, 0.3) is 0 Å². The van der Waals surface area contributed by atoms with Crippen LogP contribution in [0, 0.1) is 0 Å². The lowest BCUT2D eigenvalue weighted by Crippen LogP contribution is -2.42. The van der Waals surface area contributed by atoms with Gasteiger partial charge in [-0.25, -0.2) is 8.78 Å². The molecule has 0 amide bonds. The molecule has 0 spiro atoms. The number of rotatable bonds is 9. The molecule has 1 N–H and O–H groups in total. The second-order valence-corrected chi connectivity index (χ2v) is 5.85. The minimum Gasteiger partial charge on any atom is -0.317 e. The first kappa shape index (κ1) is 16.7. The quantitative estimate of drug-likeness (QED) is 0.617. The predicted octanol–water partition coefficient (Wildman–Crippen LogP) is 0.360. The molecule has 0 radical (unpaired) electrons. The maximum atomic E-state index is 12.1. The SMILES string of the molecule is CCNCCCN(C)S(=O)(=O)N(C)CC(F)F. The highest BCUT2D eigenvalue weighted by atomic mass is 32.2. The smallest absolute Gasteiger partial charge is 0.281 e. The van der Waals surface area contributed by atoms with Crippen molar-refractivity contribution in [3.8, 4) is 0 Å². The van der Waals surface area contributed by atoms with E-state index in [1.54, 1.807) is 0 Å². The Morgan fingerprint density at radius 2 is 1.82 bits per heavy atom. The Morgan fingerprint density at radius 3 is 2.29 bits per heavy atom. The van der Waals surface area contributed by atoms with E-state index in [0.29, 0.717) is 23.8 Å². The molecule has 0 rings (SSSR count). The fourth-order valence-corrected chi connectivity index (χ4v) is 2.38. The number of hydrogen-bond donors (Lipinski definition) is 1. The molecule has 17 heavy (non-hydrogen) atoms. The molecule has 0 aromatic carbocycles. The maximum absolute atomic E-state index is 12.1. The summed E-state index contributed by atoms with van der Waals surface area (Å²) in [5.41, 5.74) is 0. The number of nitrogens with one attached hydrogen (secondary N) is 1. The average molecular weight is 273 g/mol. The Hall–Kier alpha value is -0.310. The van der Waals surface area contributed by atoms with E-state index < -0.39 is 23.2 Å². The van der Waals surface area contributed by atoms with Gasteiger partial charge in [0.1, 0.15) is 0 Å². The van der Waals surface area contributed by atoms with E-state index in [1.807, 2.05) is 6.92 Å². The zero-order valence-electron chi connectivity index (χ0n) is 10.5. The van der Waals surface area contributed by atoms with Gasteiger partial charge in [0.2, 0.25) is 0 Å². The summed E-state index contributed by atoms with van der Waals surface area (Å²) >= 11 is 0. The first-order valence-electron chi connectivity index (χ1n) is 5.48. The molecule has 0 aliphatic carbocycles. The molecule has 0 atom stereocenters. The first-order valence-corrected chi connectivity index (χ1v) is 6.88. The van der Waals surface area contributed by atoms with Gasteiger partial charge in [0.05, 0.1) is 6.54 Å². The van der Waals surface area contributed by atoms with Crippen molar-refractivity contribution in [1.82, 2.24) is 13.9 Å². The largest absolute Gasteiger partial charge is 0.317 e. The molecular weight excluding hydrogens is 252 g/mol. The number of halogens is 2. The third-order valence-electron chi connectivity index (χ3n) is 2.26. The van der Waals surface area contributed by atoms with E-state index in [2.05, 4.69) is 5.32 Å². The van der Waals surface area contributed by atoms with Gasteiger partial charge in [-0.05, 0) is 19.5 Å². The predicted molar refractivity (Wildman–Crippen MR) is 63.3 cm³/mol. The van der Waals surface area contributed by atoms with Crippen LogP contribution in [0.3, 0.4) is 0 Å². The van der Waals surface area contributed by atoms with Crippen molar-refractivity contribution >= 4 is 10.2 Å². The first-order chi connectivity index (χ1) is 7.82. The molecular formula is C9H21F2N3O2S. The number of nitrogens with zero attached hydrogens (tertiary/aromatic N) is 2. The van der Waals surface area contributed by atoms with Crippen LogP contribution in [-0.4, -0.2) is 63.7 Å². The van der Waals surface area contributed by atoms with Crippen LogP contribution < -0.4 is 5.32 Å². The number of alkyl halides is 2. The van der Waals surface area contributed by atoms with Crippen molar-refractivity contribution in [3.05, 3.63) is 0 Å².